The second-order valence-corrected chi connectivity index (χ2v) is 22.0. The molecule has 2 aliphatic heterocycles. The molecule has 7 N–H and O–H groups in total. The number of hydrogen-bond acceptors (Lipinski definition) is 27. The summed E-state index contributed by atoms with van der Waals surface area (Å²) in [6.07, 6.45) is -3.07. The van der Waals surface area contributed by atoms with Crippen LogP contribution in [0.25, 0.3) is 0 Å². The molecular weight excluding hydrogens is 1280 g/mol. The van der Waals surface area contributed by atoms with Crippen molar-refractivity contribution in [3.63, 3.8) is 0 Å². The number of esters is 6. The molecule has 2 unspecified atom stereocenters. The molecule has 1 aromatic rings. The molecular formula is C62H94N6O28. The first kappa shape index (κ1) is 82.2. The minimum absolute atomic E-state index is 0.00439. The van der Waals surface area contributed by atoms with Gasteiger partial charge >= 0.3 is 41.8 Å². The van der Waals surface area contributed by atoms with E-state index in [0.29, 0.717) is 12.8 Å². The summed E-state index contributed by atoms with van der Waals surface area (Å²) in [6.45, 7) is 7.95. The number of carboxylic acid groups (broad SMARTS) is 1. The molecule has 3 rings (SSSR count). The fraction of sp³-hybridized carbons (Fsp3) is 0.694. The zero-order valence-electron chi connectivity index (χ0n) is 55.7. The quantitative estimate of drug-likeness (QED) is 0.0267. The highest BCUT2D eigenvalue weighted by Gasteiger charge is 2.53. The van der Waals surface area contributed by atoms with Gasteiger partial charge in [-0.3, -0.25) is 62.3 Å². The molecule has 2 aliphatic rings. The van der Waals surface area contributed by atoms with Crippen molar-refractivity contribution in [1.29, 1.82) is 0 Å². The molecule has 34 heteroatoms. The molecule has 540 valence electrons. The summed E-state index contributed by atoms with van der Waals surface area (Å²) in [5.41, 5.74) is 0.0465. The summed E-state index contributed by atoms with van der Waals surface area (Å²) in [7, 11) is 0. The molecule has 0 spiro atoms. The van der Waals surface area contributed by atoms with E-state index in [1.54, 1.807) is 0 Å². The summed E-state index contributed by atoms with van der Waals surface area (Å²) in [5, 5.41) is 24.6. The Bertz CT molecular complexity index is 2560. The van der Waals surface area contributed by atoms with Crippen molar-refractivity contribution in [2.24, 2.45) is 0 Å². The first-order valence-corrected chi connectivity index (χ1v) is 31.6. The number of nitrogens with one attached hydrogen (secondary N) is 6. The molecule has 1 aromatic carbocycles. The number of aliphatic carboxylic acids is 1. The summed E-state index contributed by atoms with van der Waals surface area (Å²) in [6, 6.07) is 1.67. The molecule has 0 bridgehead atoms. The lowest BCUT2D eigenvalue weighted by Crippen LogP contribution is -2.66. The number of anilines is 1. The van der Waals surface area contributed by atoms with Gasteiger partial charge in [0.05, 0.1) is 72.6 Å². The summed E-state index contributed by atoms with van der Waals surface area (Å²) in [5.74, 6) is -8.53. The Kier molecular flexibility index (Phi) is 39.6. The van der Waals surface area contributed by atoms with Gasteiger partial charge in [0.25, 0.3) is 11.8 Å². The maximum Gasteiger partial charge on any atom is 0.303 e. The van der Waals surface area contributed by atoms with Crippen LogP contribution in [-0.4, -0.2) is 243 Å². The lowest BCUT2D eigenvalue weighted by molar-refractivity contribution is -0.279. The van der Waals surface area contributed by atoms with E-state index >= 15 is 0 Å². The van der Waals surface area contributed by atoms with Gasteiger partial charge < -0.3 is 103 Å². The zero-order chi connectivity index (χ0) is 71.0. The highest BCUT2D eigenvalue weighted by Crippen LogP contribution is 2.30. The Morgan fingerprint density at radius 2 is 0.781 bits per heavy atom. The molecule has 96 heavy (non-hydrogen) atoms. The topological polar surface area (TPSA) is 444 Å². The number of hydrogen-bond donors (Lipinski definition) is 7. The Morgan fingerprint density at radius 1 is 0.417 bits per heavy atom. The molecule has 34 nitrogen and oxygen atoms in total. The van der Waals surface area contributed by atoms with Crippen molar-refractivity contribution in [1.82, 2.24) is 26.6 Å². The summed E-state index contributed by atoms with van der Waals surface area (Å²) >= 11 is 0. The van der Waals surface area contributed by atoms with Crippen LogP contribution in [0.5, 0.6) is 0 Å². The molecule has 6 amide bonds. The highest BCUT2D eigenvalue weighted by atomic mass is 16.7. The smallest absolute Gasteiger partial charge is 0.303 e. The maximum absolute atomic E-state index is 13.5. The molecule has 0 radical (unpaired) electrons. The van der Waals surface area contributed by atoms with Gasteiger partial charge in [0, 0.05) is 98.1 Å². The first-order chi connectivity index (χ1) is 45.7. The van der Waals surface area contributed by atoms with Crippen LogP contribution in [0.15, 0.2) is 18.2 Å². The van der Waals surface area contributed by atoms with Crippen LogP contribution < -0.4 is 31.9 Å². The van der Waals surface area contributed by atoms with Crippen molar-refractivity contribution < 1.29 is 134 Å². The minimum atomic E-state index is -1.31. The lowest BCUT2D eigenvalue weighted by Gasteiger charge is -2.44. The van der Waals surface area contributed by atoms with Crippen molar-refractivity contribution >= 4 is 82.9 Å². The predicted octanol–water partition coefficient (Wildman–Crippen LogP) is 0.598. The van der Waals surface area contributed by atoms with Gasteiger partial charge in [-0.15, -0.1) is 0 Å². The van der Waals surface area contributed by atoms with E-state index in [1.165, 1.54) is 32.0 Å². The van der Waals surface area contributed by atoms with E-state index < -0.39 is 152 Å². The number of carbonyl (C=O) groups is 13. The molecule has 2 heterocycles. The van der Waals surface area contributed by atoms with Crippen LogP contribution in [0, 0.1) is 0 Å². The fourth-order valence-corrected chi connectivity index (χ4v) is 9.69. The summed E-state index contributed by atoms with van der Waals surface area (Å²) < 4.78 is 78.1. The van der Waals surface area contributed by atoms with Crippen molar-refractivity contribution in [2.45, 2.75) is 181 Å². The second-order valence-electron chi connectivity index (χ2n) is 22.0. The monoisotopic (exact) mass is 1370 g/mol. The second kappa shape index (κ2) is 46.2. The maximum atomic E-state index is 13.5. The van der Waals surface area contributed by atoms with E-state index in [9.17, 15) is 62.3 Å². The predicted molar refractivity (Wildman–Crippen MR) is 330 cm³/mol. The minimum Gasteiger partial charge on any atom is -0.481 e. The van der Waals surface area contributed by atoms with Crippen molar-refractivity contribution in [3.05, 3.63) is 29.3 Å². The van der Waals surface area contributed by atoms with E-state index in [-0.39, 0.29) is 115 Å². The van der Waals surface area contributed by atoms with Gasteiger partial charge in [0.1, 0.15) is 37.5 Å². The number of rotatable bonds is 46. The SMILES string of the molecule is CC(=O)N[C@H]1C(OCCOCCOCCNC(=O)c2cc(NC(=O)CNC(=O)CCCCCCCCCCC(=O)O)cc(C(=O)NCCOCCOCCOC3O[C@H](COC(C)=O)[C@H](OC(C)=O)[C@H](OC(C)=O)[C@H]3NC(C)=O)c2)O[C@H](COC(C)=O)[C@H](OC(C)=O)[C@@H]1OC(C)=O. The third-order valence-corrected chi connectivity index (χ3v) is 13.7. The van der Waals surface area contributed by atoms with Gasteiger partial charge in [0.15, 0.2) is 37.0 Å². The average molecular weight is 1370 g/mol. The van der Waals surface area contributed by atoms with E-state index in [4.69, 9.17) is 71.4 Å². The van der Waals surface area contributed by atoms with Gasteiger partial charge in [-0.05, 0) is 31.0 Å². The van der Waals surface area contributed by atoms with E-state index in [1.807, 2.05) is 0 Å². The van der Waals surface area contributed by atoms with Gasteiger partial charge in [-0.2, -0.15) is 0 Å². The van der Waals surface area contributed by atoms with Crippen LogP contribution >= 0.6 is 0 Å². The lowest BCUT2D eigenvalue weighted by atomic mass is 9.96. The number of amides is 6. The molecule has 10 atom stereocenters. The number of benzene rings is 1. The molecule has 0 aromatic heterocycles. The van der Waals surface area contributed by atoms with Crippen LogP contribution in [0.1, 0.15) is 140 Å². The normalized spacial score (nSPS) is 20.4. The Hall–Kier alpha value is -7.99. The van der Waals surface area contributed by atoms with Crippen LogP contribution in [0.3, 0.4) is 0 Å². The average Bonchev–Trinajstić information content (AvgIpc) is 0.796. The van der Waals surface area contributed by atoms with Crippen molar-refractivity contribution in [2.75, 3.05) is 104 Å². The third kappa shape index (κ3) is 34.6. The van der Waals surface area contributed by atoms with Crippen LogP contribution in [0.2, 0.25) is 0 Å². The molecule has 0 saturated carbocycles. The third-order valence-electron chi connectivity index (χ3n) is 13.7. The van der Waals surface area contributed by atoms with Crippen LogP contribution in [0.4, 0.5) is 5.69 Å². The largest absolute Gasteiger partial charge is 0.481 e. The van der Waals surface area contributed by atoms with E-state index in [0.717, 1.165) is 80.1 Å². The Labute approximate surface area is 556 Å². The van der Waals surface area contributed by atoms with Crippen molar-refractivity contribution in [3.8, 4) is 0 Å². The molecule has 0 aliphatic carbocycles. The number of unbranched alkanes of at least 4 members (excludes halogenated alkanes) is 7. The van der Waals surface area contributed by atoms with Gasteiger partial charge in [0.2, 0.25) is 23.6 Å². The molecule has 2 fully saturated rings. The highest BCUT2D eigenvalue weighted by molar-refractivity contribution is 6.03. The molecule has 2 saturated heterocycles. The number of carbonyl (C=O) groups excluding carboxylic acids is 12. The Balaban J connectivity index is 1.55. The zero-order valence-corrected chi connectivity index (χ0v) is 55.7. The fourth-order valence-electron chi connectivity index (χ4n) is 9.69. The summed E-state index contributed by atoms with van der Waals surface area (Å²) in [4.78, 5) is 160. The van der Waals surface area contributed by atoms with Crippen LogP contribution in [-0.2, 0) is 119 Å². The Morgan fingerprint density at radius 3 is 1.16 bits per heavy atom. The standard InChI is InChI=1S/C62H94N6O28/c1-37(69)66-53-57(93-43(7)75)55(91-41(5)73)48(35-89-39(3)71)95-61(53)87-29-27-85-25-23-83-21-19-63-59(81)45-31-46(33-47(32-45)68-51(78)34-65-50(77)17-15-13-11-9-10-12-14-16-18-52(79)80)60(82)64-20-22-84-24-26-86-28-30-88-62-54(67-38(2)70)58(94-44(8)76)56(92-42(6)74)49(96-62)36-90-40(4)72/h31-33,48-49,53-58,61-62H,9-30,34-36H2,1-8H3,(H,63,81)(H,64,82)(H,65,77)(H,66,69)(H,67,70)(H,68,78)(H,79,80)/t48-,49-,53-,54-,55+,56+,57-,58-,61?,62?/m1/s1. The number of carboxylic acids is 1. The van der Waals surface area contributed by atoms with Gasteiger partial charge in [-0.1, -0.05) is 38.5 Å². The van der Waals surface area contributed by atoms with Gasteiger partial charge in [-0.25, -0.2) is 0 Å². The van der Waals surface area contributed by atoms with E-state index in [2.05, 4.69) is 31.9 Å². The number of ether oxygens (including phenoxy) is 14. The first-order valence-electron chi connectivity index (χ1n) is 31.6.